The van der Waals surface area contributed by atoms with Gasteiger partial charge in [0, 0.05) is 13.6 Å². The van der Waals surface area contributed by atoms with Crippen molar-refractivity contribution in [3.8, 4) is 5.75 Å². The monoisotopic (exact) mass is 265 g/mol. The van der Waals surface area contributed by atoms with Gasteiger partial charge in [-0.1, -0.05) is 18.2 Å². The Morgan fingerprint density at radius 3 is 2.84 bits per heavy atom. The van der Waals surface area contributed by atoms with Crippen LogP contribution in [0, 0.1) is 5.82 Å². The minimum Gasteiger partial charge on any atom is -0.486 e. The Morgan fingerprint density at radius 2 is 2.21 bits per heavy atom. The van der Waals surface area contributed by atoms with Crippen molar-refractivity contribution in [3.63, 3.8) is 0 Å². The summed E-state index contributed by atoms with van der Waals surface area (Å²) in [5, 5.41) is 6.13. The standard InChI is InChI=1S/C14H20FN3O/c1-4-9-17-14(16-3)18-10-11(2)19-13-8-6-5-7-12(13)15/h4-8,11H,1,9-10H2,2-3H3,(H2,16,17,18). The number of hydrogen-bond donors (Lipinski definition) is 2. The highest BCUT2D eigenvalue weighted by Gasteiger charge is 2.08. The van der Waals surface area contributed by atoms with Crippen molar-refractivity contribution < 1.29 is 9.13 Å². The number of nitrogens with one attached hydrogen (secondary N) is 2. The second-order valence-corrected chi connectivity index (χ2v) is 3.98. The first-order valence-electron chi connectivity index (χ1n) is 6.14. The van der Waals surface area contributed by atoms with E-state index < -0.39 is 0 Å². The summed E-state index contributed by atoms with van der Waals surface area (Å²) < 4.78 is 18.9. The van der Waals surface area contributed by atoms with Crippen LogP contribution in [0.2, 0.25) is 0 Å². The van der Waals surface area contributed by atoms with Crippen LogP contribution in [0.25, 0.3) is 0 Å². The number of guanidine groups is 1. The lowest BCUT2D eigenvalue weighted by molar-refractivity contribution is 0.214. The highest BCUT2D eigenvalue weighted by atomic mass is 19.1. The van der Waals surface area contributed by atoms with E-state index in [1.807, 2.05) is 6.92 Å². The van der Waals surface area contributed by atoms with E-state index in [2.05, 4.69) is 22.2 Å². The quantitative estimate of drug-likeness (QED) is 0.469. The number of para-hydroxylation sites is 1. The first-order chi connectivity index (χ1) is 9.17. The fraction of sp³-hybridized carbons (Fsp3) is 0.357. The lowest BCUT2D eigenvalue weighted by Gasteiger charge is -2.17. The molecule has 5 heteroatoms. The van der Waals surface area contributed by atoms with Crippen molar-refractivity contribution in [1.29, 1.82) is 0 Å². The van der Waals surface area contributed by atoms with Gasteiger partial charge in [-0.05, 0) is 19.1 Å². The molecule has 2 N–H and O–H groups in total. The van der Waals surface area contributed by atoms with Gasteiger partial charge in [-0.15, -0.1) is 6.58 Å². The molecule has 0 aliphatic carbocycles. The van der Waals surface area contributed by atoms with Crippen molar-refractivity contribution in [2.45, 2.75) is 13.0 Å². The predicted molar refractivity (Wildman–Crippen MR) is 76.1 cm³/mol. The second kappa shape index (κ2) is 8.13. The molecule has 0 aromatic heterocycles. The molecule has 0 saturated heterocycles. The number of nitrogens with zero attached hydrogens (tertiary/aromatic N) is 1. The van der Waals surface area contributed by atoms with E-state index >= 15 is 0 Å². The van der Waals surface area contributed by atoms with E-state index in [0.29, 0.717) is 19.0 Å². The normalized spacial score (nSPS) is 12.7. The van der Waals surface area contributed by atoms with E-state index in [1.54, 1.807) is 31.3 Å². The van der Waals surface area contributed by atoms with Crippen LogP contribution in [-0.4, -0.2) is 32.2 Å². The van der Waals surface area contributed by atoms with Gasteiger partial charge >= 0.3 is 0 Å². The van der Waals surface area contributed by atoms with Crippen LogP contribution in [0.5, 0.6) is 5.75 Å². The van der Waals surface area contributed by atoms with Crippen LogP contribution in [0.3, 0.4) is 0 Å². The van der Waals surface area contributed by atoms with Gasteiger partial charge in [0.25, 0.3) is 0 Å². The molecule has 0 bridgehead atoms. The molecule has 1 rings (SSSR count). The molecular formula is C14H20FN3O. The maximum absolute atomic E-state index is 13.4. The van der Waals surface area contributed by atoms with Crippen LogP contribution in [0.4, 0.5) is 4.39 Å². The Kier molecular flexibility index (Phi) is 6.43. The third kappa shape index (κ3) is 5.42. The van der Waals surface area contributed by atoms with Crippen molar-refractivity contribution in [2.75, 3.05) is 20.1 Å². The van der Waals surface area contributed by atoms with Crippen molar-refractivity contribution >= 4 is 5.96 Å². The molecule has 0 heterocycles. The molecule has 0 spiro atoms. The Labute approximate surface area is 113 Å². The Morgan fingerprint density at radius 1 is 1.47 bits per heavy atom. The zero-order valence-corrected chi connectivity index (χ0v) is 11.3. The SMILES string of the molecule is C=CCNC(=NC)NCC(C)Oc1ccccc1F. The van der Waals surface area contributed by atoms with E-state index in [0.717, 1.165) is 0 Å². The predicted octanol–water partition coefficient (Wildman–Crippen LogP) is 1.94. The molecule has 1 atom stereocenters. The average Bonchev–Trinajstić information content (AvgIpc) is 2.41. The van der Waals surface area contributed by atoms with E-state index in [9.17, 15) is 4.39 Å². The summed E-state index contributed by atoms with van der Waals surface area (Å²) in [6.07, 6.45) is 1.56. The first kappa shape index (κ1) is 15.0. The highest BCUT2D eigenvalue weighted by molar-refractivity contribution is 5.79. The van der Waals surface area contributed by atoms with Crippen LogP contribution in [0.15, 0.2) is 41.9 Å². The zero-order chi connectivity index (χ0) is 14.1. The van der Waals surface area contributed by atoms with Crippen molar-refractivity contribution in [3.05, 3.63) is 42.7 Å². The van der Waals surface area contributed by atoms with Crippen molar-refractivity contribution in [2.24, 2.45) is 4.99 Å². The number of aliphatic imine (C=N–C) groups is 1. The van der Waals surface area contributed by atoms with Gasteiger partial charge in [-0.25, -0.2) is 4.39 Å². The molecule has 0 aliphatic heterocycles. The van der Waals surface area contributed by atoms with Gasteiger partial charge in [0.1, 0.15) is 6.10 Å². The number of rotatable bonds is 6. The molecule has 4 nitrogen and oxygen atoms in total. The lowest BCUT2D eigenvalue weighted by atomic mass is 10.3. The van der Waals surface area contributed by atoms with Gasteiger partial charge < -0.3 is 15.4 Å². The number of ether oxygens (including phenoxy) is 1. The topological polar surface area (TPSA) is 45.7 Å². The summed E-state index contributed by atoms with van der Waals surface area (Å²) in [4.78, 5) is 4.04. The van der Waals surface area contributed by atoms with Crippen LogP contribution in [0.1, 0.15) is 6.92 Å². The molecule has 1 unspecified atom stereocenters. The minimum atomic E-state index is -0.358. The van der Waals surface area contributed by atoms with E-state index in [1.165, 1.54) is 6.07 Å². The zero-order valence-electron chi connectivity index (χ0n) is 11.3. The Bertz CT molecular complexity index is 434. The number of benzene rings is 1. The molecular weight excluding hydrogens is 245 g/mol. The molecule has 19 heavy (non-hydrogen) atoms. The van der Waals surface area contributed by atoms with E-state index in [-0.39, 0.29) is 17.7 Å². The van der Waals surface area contributed by atoms with Crippen LogP contribution < -0.4 is 15.4 Å². The maximum atomic E-state index is 13.4. The first-order valence-corrected chi connectivity index (χ1v) is 6.14. The average molecular weight is 265 g/mol. The minimum absolute atomic E-state index is 0.181. The summed E-state index contributed by atoms with van der Waals surface area (Å²) in [7, 11) is 1.68. The van der Waals surface area contributed by atoms with Gasteiger partial charge in [0.15, 0.2) is 17.5 Å². The van der Waals surface area contributed by atoms with Crippen LogP contribution >= 0.6 is 0 Å². The lowest BCUT2D eigenvalue weighted by Crippen LogP contribution is -2.41. The fourth-order valence-electron chi connectivity index (χ4n) is 1.43. The summed E-state index contributed by atoms with van der Waals surface area (Å²) in [5.41, 5.74) is 0. The molecule has 1 aromatic carbocycles. The number of halogens is 1. The third-order valence-electron chi connectivity index (χ3n) is 2.36. The molecule has 104 valence electrons. The number of hydrogen-bond acceptors (Lipinski definition) is 2. The van der Waals surface area contributed by atoms with Gasteiger partial charge in [-0.2, -0.15) is 0 Å². The summed E-state index contributed by atoms with van der Waals surface area (Å²) in [5.74, 6) is 0.554. The van der Waals surface area contributed by atoms with Crippen LogP contribution in [-0.2, 0) is 0 Å². The van der Waals surface area contributed by atoms with Crippen molar-refractivity contribution in [1.82, 2.24) is 10.6 Å². The molecule has 1 aromatic rings. The Hall–Kier alpha value is -2.04. The maximum Gasteiger partial charge on any atom is 0.191 e. The highest BCUT2D eigenvalue weighted by Crippen LogP contribution is 2.16. The van der Waals surface area contributed by atoms with Gasteiger partial charge in [-0.3, -0.25) is 4.99 Å². The van der Waals surface area contributed by atoms with Gasteiger partial charge in [0.2, 0.25) is 0 Å². The molecule has 0 radical (unpaired) electrons. The summed E-state index contributed by atoms with van der Waals surface area (Å²) in [6, 6.07) is 6.35. The van der Waals surface area contributed by atoms with Gasteiger partial charge in [0.05, 0.1) is 6.54 Å². The molecule has 0 saturated carbocycles. The third-order valence-corrected chi connectivity index (χ3v) is 2.36. The summed E-state index contributed by atoms with van der Waals surface area (Å²) in [6.45, 7) is 6.62. The molecule has 0 fully saturated rings. The fourth-order valence-corrected chi connectivity index (χ4v) is 1.43. The smallest absolute Gasteiger partial charge is 0.191 e. The van der Waals surface area contributed by atoms with E-state index in [4.69, 9.17) is 4.74 Å². The largest absolute Gasteiger partial charge is 0.486 e. The molecule has 0 amide bonds. The Balaban J connectivity index is 2.41. The summed E-state index contributed by atoms with van der Waals surface area (Å²) >= 11 is 0. The second-order valence-electron chi connectivity index (χ2n) is 3.98. The molecule has 0 aliphatic rings.